The second-order valence-electron chi connectivity index (χ2n) is 3.56. The van der Waals surface area contributed by atoms with Crippen molar-refractivity contribution in [1.29, 1.82) is 0 Å². The molecule has 0 saturated carbocycles. The average molecular weight is 224 g/mol. The Kier molecular flexibility index (Phi) is 3.60. The summed E-state index contributed by atoms with van der Waals surface area (Å²) in [7, 11) is 0. The van der Waals surface area contributed by atoms with Gasteiger partial charge < -0.3 is 4.57 Å². The summed E-state index contributed by atoms with van der Waals surface area (Å²) in [6.07, 6.45) is 5.26. The normalized spacial score (nSPS) is 12.2. The molecule has 0 amide bonds. The Balaban J connectivity index is 3.18. The molecule has 1 unspecified atom stereocenters. The third-order valence-corrected chi connectivity index (χ3v) is 2.65. The van der Waals surface area contributed by atoms with Crippen LogP contribution in [0.15, 0.2) is 6.07 Å². The van der Waals surface area contributed by atoms with Crippen LogP contribution in [-0.2, 0) is 6.54 Å². The Labute approximate surface area is 95.2 Å². The van der Waals surface area contributed by atoms with Crippen LogP contribution in [0.3, 0.4) is 0 Å². The van der Waals surface area contributed by atoms with Crippen molar-refractivity contribution >= 4 is 17.4 Å². The third-order valence-electron chi connectivity index (χ3n) is 2.45. The standard InChI is InChI=1S/C12H14ClNO/c1-5-6-14-8(2)7-11(10(14)4)12(15)9(3)13/h1,7,9H,6H2,2-4H3. The summed E-state index contributed by atoms with van der Waals surface area (Å²) in [5, 5.41) is -0.496. The fourth-order valence-electron chi connectivity index (χ4n) is 1.60. The Morgan fingerprint density at radius 2 is 2.27 bits per heavy atom. The number of Topliss-reactive ketones (excluding diaryl/α,β-unsaturated/α-hetero) is 1. The van der Waals surface area contributed by atoms with Crippen LogP contribution in [0.5, 0.6) is 0 Å². The number of rotatable bonds is 3. The highest BCUT2D eigenvalue weighted by molar-refractivity contribution is 6.33. The maximum Gasteiger partial charge on any atom is 0.182 e. The lowest BCUT2D eigenvalue weighted by molar-refractivity contribution is 0.0991. The summed E-state index contributed by atoms with van der Waals surface area (Å²) >= 11 is 5.77. The van der Waals surface area contributed by atoms with Crippen LogP contribution in [0.4, 0.5) is 0 Å². The Morgan fingerprint density at radius 3 is 2.73 bits per heavy atom. The van der Waals surface area contributed by atoms with Crippen LogP contribution >= 0.6 is 11.6 Å². The van der Waals surface area contributed by atoms with E-state index in [4.69, 9.17) is 18.0 Å². The van der Waals surface area contributed by atoms with Crippen LogP contribution in [0, 0.1) is 26.2 Å². The van der Waals surface area contributed by atoms with Crippen LogP contribution in [0.1, 0.15) is 28.7 Å². The van der Waals surface area contributed by atoms with Gasteiger partial charge in [-0.3, -0.25) is 4.79 Å². The average Bonchev–Trinajstić information content (AvgIpc) is 2.45. The molecule has 3 heteroatoms. The van der Waals surface area contributed by atoms with Crippen molar-refractivity contribution in [3.63, 3.8) is 0 Å². The zero-order valence-electron chi connectivity index (χ0n) is 9.17. The van der Waals surface area contributed by atoms with Crippen molar-refractivity contribution < 1.29 is 4.79 Å². The number of hydrogen-bond acceptors (Lipinski definition) is 1. The van der Waals surface area contributed by atoms with Crippen molar-refractivity contribution in [2.45, 2.75) is 32.7 Å². The van der Waals surface area contributed by atoms with E-state index in [2.05, 4.69) is 5.92 Å². The van der Waals surface area contributed by atoms with Gasteiger partial charge in [-0.2, -0.15) is 0 Å². The van der Waals surface area contributed by atoms with Crippen molar-refractivity contribution in [2.24, 2.45) is 0 Å². The molecule has 15 heavy (non-hydrogen) atoms. The molecule has 0 aliphatic heterocycles. The van der Waals surface area contributed by atoms with E-state index < -0.39 is 5.38 Å². The van der Waals surface area contributed by atoms with Gasteiger partial charge in [0, 0.05) is 17.0 Å². The van der Waals surface area contributed by atoms with Crippen LogP contribution < -0.4 is 0 Å². The summed E-state index contributed by atoms with van der Waals surface area (Å²) in [4.78, 5) is 11.7. The van der Waals surface area contributed by atoms with Gasteiger partial charge in [0.25, 0.3) is 0 Å². The molecule has 0 aliphatic carbocycles. The first-order valence-electron chi connectivity index (χ1n) is 4.77. The predicted molar refractivity (Wildman–Crippen MR) is 62.4 cm³/mol. The number of terminal acetylenes is 1. The number of aromatic nitrogens is 1. The summed E-state index contributed by atoms with van der Waals surface area (Å²) in [5.41, 5.74) is 2.55. The third kappa shape index (κ3) is 2.24. The van der Waals surface area contributed by atoms with E-state index in [0.29, 0.717) is 12.1 Å². The van der Waals surface area contributed by atoms with E-state index in [0.717, 1.165) is 11.4 Å². The van der Waals surface area contributed by atoms with Crippen molar-refractivity contribution in [3.05, 3.63) is 23.0 Å². The molecule has 80 valence electrons. The van der Waals surface area contributed by atoms with Crippen LogP contribution in [-0.4, -0.2) is 15.7 Å². The lowest BCUT2D eigenvalue weighted by Crippen LogP contribution is -2.12. The minimum absolute atomic E-state index is 0.0481. The molecule has 1 heterocycles. The Bertz CT molecular complexity index is 424. The molecule has 0 bridgehead atoms. The number of carbonyl (C=O) groups excluding carboxylic acids is 1. The molecular weight excluding hydrogens is 210 g/mol. The van der Waals surface area contributed by atoms with E-state index in [9.17, 15) is 4.79 Å². The number of carbonyl (C=O) groups is 1. The van der Waals surface area contributed by atoms with E-state index in [1.54, 1.807) is 6.92 Å². The summed E-state index contributed by atoms with van der Waals surface area (Å²) in [6.45, 7) is 5.98. The maximum atomic E-state index is 11.7. The molecule has 0 spiro atoms. The first-order valence-corrected chi connectivity index (χ1v) is 5.21. The van der Waals surface area contributed by atoms with Gasteiger partial charge in [0.15, 0.2) is 5.78 Å². The van der Waals surface area contributed by atoms with E-state index >= 15 is 0 Å². The van der Waals surface area contributed by atoms with Gasteiger partial charge in [-0.05, 0) is 26.8 Å². The molecule has 0 aliphatic rings. The highest BCUT2D eigenvalue weighted by Crippen LogP contribution is 2.18. The highest BCUT2D eigenvalue weighted by Gasteiger charge is 2.18. The smallest absolute Gasteiger partial charge is 0.182 e. The Morgan fingerprint density at radius 1 is 1.67 bits per heavy atom. The molecule has 1 aromatic rings. The van der Waals surface area contributed by atoms with Gasteiger partial charge in [-0.1, -0.05) is 5.92 Å². The van der Waals surface area contributed by atoms with Crippen molar-refractivity contribution in [3.8, 4) is 12.3 Å². The van der Waals surface area contributed by atoms with Gasteiger partial charge >= 0.3 is 0 Å². The molecule has 1 aromatic heterocycles. The summed E-state index contributed by atoms with van der Waals surface area (Å²) in [6, 6.07) is 1.84. The minimum Gasteiger partial charge on any atom is -0.337 e. The fourth-order valence-corrected chi connectivity index (χ4v) is 1.72. The lowest BCUT2D eigenvalue weighted by atomic mass is 10.1. The maximum absolute atomic E-state index is 11.7. The molecule has 0 N–H and O–H groups in total. The summed E-state index contributed by atoms with van der Waals surface area (Å²) in [5.74, 6) is 2.52. The largest absolute Gasteiger partial charge is 0.337 e. The van der Waals surface area contributed by atoms with Crippen LogP contribution in [0.25, 0.3) is 0 Å². The van der Waals surface area contributed by atoms with Gasteiger partial charge in [-0.15, -0.1) is 18.0 Å². The molecular formula is C12H14ClNO. The molecule has 1 rings (SSSR count). The zero-order chi connectivity index (χ0) is 11.6. The second-order valence-corrected chi connectivity index (χ2v) is 4.21. The lowest BCUT2D eigenvalue weighted by Gasteiger charge is -2.05. The first kappa shape index (κ1) is 11.9. The molecule has 2 nitrogen and oxygen atoms in total. The molecule has 0 radical (unpaired) electrons. The highest BCUT2D eigenvalue weighted by atomic mass is 35.5. The SMILES string of the molecule is C#CCn1c(C)cc(C(=O)C(C)Cl)c1C. The second kappa shape index (κ2) is 4.55. The van der Waals surface area contributed by atoms with Gasteiger partial charge in [-0.25, -0.2) is 0 Å². The van der Waals surface area contributed by atoms with Gasteiger partial charge in [0.1, 0.15) is 0 Å². The van der Waals surface area contributed by atoms with Crippen molar-refractivity contribution in [1.82, 2.24) is 4.57 Å². The molecule has 0 fully saturated rings. The Hall–Kier alpha value is -1.20. The van der Waals surface area contributed by atoms with Crippen molar-refractivity contribution in [2.75, 3.05) is 0 Å². The topological polar surface area (TPSA) is 22.0 Å². The molecule has 1 atom stereocenters. The number of ketones is 1. The number of alkyl halides is 1. The fraction of sp³-hybridized carbons (Fsp3) is 0.417. The van der Waals surface area contributed by atoms with E-state index in [-0.39, 0.29) is 5.78 Å². The predicted octanol–water partition coefficient (Wildman–Crippen LogP) is 2.55. The minimum atomic E-state index is -0.496. The number of nitrogens with zero attached hydrogens (tertiary/aromatic N) is 1. The summed E-state index contributed by atoms with van der Waals surface area (Å²) < 4.78 is 1.94. The monoisotopic (exact) mass is 223 g/mol. The molecule has 0 aromatic carbocycles. The van der Waals surface area contributed by atoms with E-state index in [1.165, 1.54) is 0 Å². The van der Waals surface area contributed by atoms with Gasteiger partial charge in [0.05, 0.1) is 11.9 Å². The van der Waals surface area contributed by atoms with E-state index in [1.807, 2.05) is 24.5 Å². The number of aryl methyl sites for hydroxylation is 1. The van der Waals surface area contributed by atoms with Gasteiger partial charge in [0.2, 0.25) is 0 Å². The quantitative estimate of drug-likeness (QED) is 0.439. The first-order chi connectivity index (χ1) is 6.99. The number of halogens is 1. The zero-order valence-corrected chi connectivity index (χ0v) is 9.93. The molecule has 0 saturated heterocycles. The van der Waals surface area contributed by atoms with Crippen LogP contribution in [0.2, 0.25) is 0 Å². The number of hydrogen-bond donors (Lipinski definition) is 0.